The summed E-state index contributed by atoms with van der Waals surface area (Å²) in [5, 5.41) is 7.55. The molecule has 28 heavy (non-hydrogen) atoms. The second-order valence-corrected chi connectivity index (χ2v) is 7.35. The zero-order chi connectivity index (χ0) is 20.4. The molecule has 1 aromatic heterocycles. The number of methoxy groups -OCH3 is 1. The molecule has 0 aliphatic rings. The summed E-state index contributed by atoms with van der Waals surface area (Å²) >= 11 is 0. The van der Waals surface area contributed by atoms with Crippen molar-refractivity contribution in [1.29, 1.82) is 0 Å². The van der Waals surface area contributed by atoms with Crippen molar-refractivity contribution in [3.8, 4) is 17.2 Å². The highest BCUT2D eigenvalue weighted by Gasteiger charge is 2.31. The van der Waals surface area contributed by atoms with Gasteiger partial charge in [0.15, 0.2) is 0 Å². The molecule has 0 atom stereocenters. The standard InChI is InChI=1S/C17H14F3N3O4S/c1-26-13-7-5-11(6-8-13)16-23-22-15(27-16)10-21-28(24,25)14-4-2-3-12(9-14)17(18,19)20/h2-9,21H,10H2,1H3. The average Bonchev–Trinajstić information content (AvgIpc) is 3.15. The lowest BCUT2D eigenvalue weighted by Crippen LogP contribution is -2.23. The molecule has 0 fully saturated rings. The van der Waals surface area contributed by atoms with E-state index in [4.69, 9.17) is 9.15 Å². The van der Waals surface area contributed by atoms with E-state index in [0.29, 0.717) is 17.4 Å². The third kappa shape index (κ3) is 4.49. The van der Waals surface area contributed by atoms with E-state index in [2.05, 4.69) is 14.9 Å². The number of ether oxygens (including phenoxy) is 1. The Morgan fingerprint density at radius 1 is 1.11 bits per heavy atom. The van der Waals surface area contributed by atoms with E-state index < -0.39 is 26.7 Å². The molecule has 0 aliphatic carbocycles. The molecule has 0 unspecified atom stereocenters. The molecular formula is C17H14F3N3O4S. The fourth-order valence-electron chi connectivity index (χ4n) is 2.25. The highest BCUT2D eigenvalue weighted by Crippen LogP contribution is 2.30. The minimum atomic E-state index is -4.65. The summed E-state index contributed by atoms with van der Waals surface area (Å²) in [4.78, 5) is -0.516. The van der Waals surface area contributed by atoms with E-state index in [-0.39, 0.29) is 18.3 Å². The predicted octanol–water partition coefficient (Wildman–Crippen LogP) is 3.24. The third-order valence-corrected chi connectivity index (χ3v) is 5.09. The molecule has 3 aromatic rings. The van der Waals surface area contributed by atoms with Gasteiger partial charge < -0.3 is 9.15 Å². The fraction of sp³-hybridized carbons (Fsp3) is 0.176. The number of halogens is 3. The molecule has 0 saturated carbocycles. The molecule has 3 rings (SSSR count). The van der Waals surface area contributed by atoms with Crippen molar-refractivity contribution in [2.75, 3.05) is 7.11 Å². The Hall–Kier alpha value is -2.92. The summed E-state index contributed by atoms with van der Waals surface area (Å²) in [6, 6.07) is 10.2. The van der Waals surface area contributed by atoms with Crippen LogP contribution in [0.4, 0.5) is 13.2 Å². The zero-order valence-electron chi connectivity index (χ0n) is 14.4. The fourth-order valence-corrected chi connectivity index (χ4v) is 3.27. The van der Waals surface area contributed by atoms with Gasteiger partial charge in [-0.2, -0.15) is 13.2 Å². The van der Waals surface area contributed by atoms with Gasteiger partial charge in [0.2, 0.25) is 21.8 Å². The minimum absolute atomic E-state index is 0.0404. The Kier molecular flexibility index (Phi) is 5.38. The monoisotopic (exact) mass is 413 g/mol. The molecule has 0 radical (unpaired) electrons. The number of alkyl halides is 3. The van der Waals surface area contributed by atoms with Gasteiger partial charge in [-0.3, -0.25) is 0 Å². The quantitative estimate of drug-likeness (QED) is 0.667. The minimum Gasteiger partial charge on any atom is -0.497 e. The summed E-state index contributed by atoms with van der Waals surface area (Å²) in [5.74, 6) is 0.759. The van der Waals surface area contributed by atoms with Gasteiger partial charge in [-0.05, 0) is 42.5 Å². The van der Waals surface area contributed by atoms with Crippen LogP contribution in [0.3, 0.4) is 0 Å². The molecule has 11 heteroatoms. The molecule has 0 saturated heterocycles. The van der Waals surface area contributed by atoms with Crippen LogP contribution in [0.1, 0.15) is 11.5 Å². The van der Waals surface area contributed by atoms with Crippen LogP contribution in [0, 0.1) is 0 Å². The van der Waals surface area contributed by atoms with Gasteiger partial charge >= 0.3 is 6.18 Å². The van der Waals surface area contributed by atoms with Gasteiger partial charge in [0, 0.05) is 5.56 Å². The van der Waals surface area contributed by atoms with Crippen molar-refractivity contribution in [3.63, 3.8) is 0 Å². The number of nitrogens with one attached hydrogen (secondary N) is 1. The van der Waals surface area contributed by atoms with E-state index in [0.717, 1.165) is 18.2 Å². The number of hydrogen-bond acceptors (Lipinski definition) is 6. The van der Waals surface area contributed by atoms with Crippen LogP contribution in [0.25, 0.3) is 11.5 Å². The van der Waals surface area contributed by atoms with Crippen molar-refractivity contribution in [1.82, 2.24) is 14.9 Å². The third-order valence-electron chi connectivity index (χ3n) is 3.69. The summed E-state index contributed by atoms with van der Waals surface area (Å²) in [6.45, 7) is -0.373. The van der Waals surface area contributed by atoms with Gasteiger partial charge in [0.1, 0.15) is 5.75 Å². The molecule has 2 aromatic carbocycles. The van der Waals surface area contributed by atoms with Crippen molar-refractivity contribution >= 4 is 10.0 Å². The Bertz CT molecular complexity index is 1060. The number of nitrogens with zero attached hydrogens (tertiary/aromatic N) is 2. The molecule has 0 spiro atoms. The Morgan fingerprint density at radius 3 is 2.46 bits per heavy atom. The van der Waals surface area contributed by atoms with Crippen LogP contribution in [0.5, 0.6) is 5.75 Å². The first-order valence-corrected chi connectivity index (χ1v) is 9.31. The van der Waals surface area contributed by atoms with E-state index in [1.165, 1.54) is 7.11 Å². The van der Waals surface area contributed by atoms with E-state index in [1.807, 2.05) is 0 Å². The van der Waals surface area contributed by atoms with Crippen LogP contribution in [0.15, 0.2) is 57.8 Å². The van der Waals surface area contributed by atoms with E-state index in [9.17, 15) is 21.6 Å². The van der Waals surface area contributed by atoms with Gasteiger partial charge in [0.25, 0.3) is 0 Å². The summed E-state index contributed by atoms with van der Waals surface area (Å²) in [5.41, 5.74) is -0.463. The first kappa shape index (κ1) is 19.8. The number of sulfonamides is 1. The van der Waals surface area contributed by atoms with Gasteiger partial charge in [-0.1, -0.05) is 6.07 Å². The maximum absolute atomic E-state index is 12.8. The Morgan fingerprint density at radius 2 is 1.82 bits per heavy atom. The predicted molar refractivity (Wildman–Crippen MR) is 91.8 cm³/mol. The average molecular weight is 413 g/mol. The van der Waals surface area contributed by atoms with E-state index in [1.54, 1.807) is 24.3 Å². The van der Waals surface area contributed by atoms with E-state index >= 15 is 0 Å². The normalized spacial score (nSPS) is 12.1. The summed E-state index contributed by atoms with van der Waals surface area (Å²) in [7, 11) is -2.68. The number of aromatic nitrogens is 2. The lowest BCUT2D eigenvalue weighted by Gasteiger charge is -2.09. The SMILES string of the molecule is COc1ccc(-c2nnc(CNS(=O)(=O)c3cccc(C(F)(F)F)c3)o2)cc1. The van der Waals surface area contributed by atoms with Crippen LogP contribution in [0.2, 0.25) is 0 Å². The van der Waals surface area contributed by atoms with Crippen molar-refractivity contribution in [2.45, 2.75) is 17.6 Å². The molecule has 7 nitrogen and oxygen atoms in total. The molecule has 0 amide bonds. The molecule has 148 valence electrons. The van der Waals surface area contributed by atoms with Gasteiger partial charge in [-0.25, -0.2) is 13.1 Å². The van der Waals surface area contributed by atoms with Crippen LogP contribution >= 0.6 is 0 Å². The van der Waals surface area contributed by atoms with Crippen molar-refractivity contribution in [3.05, 3.63) is 60.0 Å². The highest BCUT2D eigenvalue weighted by atomic mass is 32.2. The largest absolute Gasteiger partial charge is 0.497 e. The topological polar surface area (TPSA) is 94.3 Å². The van der Waals surface area contributed by atoms with Crippen LogP contribution < -0.4 is 9.46 Å². The summed E-state index contributed by atoms with van der Waals surface area (Å²) in [6.07, 6.45) is -4.65. The van der Waals surface area contributed by atoms with Crippen molar-refractivity contribution < 1.29 is 30.7 Å². The second-order valence-electron chi connectivity index (χ2n) is 5.58. The Labute approximate surface area is 158 Å². The Balaban J connectivity index is 1.72. The lowest BCUT2D eigenvalue weighted by atomic mass is 10.2. The lowest BCUT2D eigenvalue weighted by molar-refractivity contribution is -0.137. The van der Waals surface area contributed by atoms with Crippen molar-refractivity contribution in [2.24, 2.45) is 0 Å². The molecule has 1 N–H and O–H groups in total. The highest BCUT2D eigenvalue weighted by molar-refractivity contribution is 7.89. The molecule has 0 aliphatic heterocycles. The number of hydrogen-bond donors (Lipinski definition) is 1. The molecule has 0 bridgehead atoms. The first-order chi connectivity index (χ1) is 13.2. The summed E-state index contributed by atoms with van der Waals surface area (Å²) < 4.78 is 75.4. The molecular weight excluding hydrogens is 399 g/mol. The second kappa shape index (κ2) is 7.60. The van der Waals surface area contributed by atoms with Crippen LogP contribution in [-0.4, -0.2) is 25.7 Å². The molecule has 1 heterocycles. The van der Waals surface area contributed by atoms with Crippen LogP contribution in [-0.2, 0) is 22.7 Å². The number of benzene rings is 2. The smallest absolute Gasteiger partial charge is 0.416 e. The maximum Gasteiger partial charge on any atom is 0.416 e. The number of rotatable bonds is 6. The zero-order valence-corrected chi connectivity index (χ0v) is 15.2. The van der Waals surface area contributed by atoms with Gasteiger partial charge in [-0.15, -0.1) is 10.2 Å². The first-order valence-electron chi connectivity index (χ1n) is 7.83. The maximum atomic E-state index is 12.8. The van der Waals surface area contributed by atoms with Gasteiger partial charge in [0.05, 0.1) is 24.1 Å².